The zero-order chi connectivity index (χ0) is 15.9. The zero-order valence-corrected chi connectivity index (χ0v) is 13.9. The predicted octanol–water partition coefficient (Wildman–Crippen LogP) is 2.75. The van der Waals surface area contributed by atoms with Gasteiger partial charge in [-0.25, -0.2) is 0 Å². The van der Waals surface area contributed by atoms with Crippen molar-refractivity contribution in [3.05, 3.63) is 24.2 Å². The van der Waals surface area contributed by atoms with Gasteiger partial charge in [0.1, 0.15) is 5.76 Å². The van der Waals surface area contributed by atoms with E-state index in [1.165, 1.54) is 19.3 Å². The summed E-state index contributed by atoms with van der Waals surface area (Å²) in [5, 5.41) is 10.3. The zero-order valence-electron chi connectivity index (χ0n) is 13.9. The molecule has 0 radical (unpaired) electrons. The van der Waals surface area contributed by atoms with Crippen molar-refractivity contribution in [1.82, 2.24) is 4.90 Å². The molecule has 1 aromatic heterocycles. The Bertz CT molecular complexity index is 430. The second-order valence-corrected chi connectivity index (χ2v) is 6.70. The van der Waals surface area contributed by atoms with Crippen LogP contribution in [0.5, 0.6) is 0 Å². The number of hydrogen-bond acceptors (Lipinski definition) is 5. The maximum absolute atomic E-state index is 10.3. The lowest BCUT2D eigenvalue weighted by Gasteiger charge is -2.30. The molecule has 2 saturated heterocycles. The Morgan fingerprint density at radius 1 is 1.26 bits per heavy atom. The summed E-state index contributed by atoms with van der Waals surface area (Å²) in [4.78, 5) is 2.35. The summed E-state index contributed by atoms with van der Waals surface area (Å²) in [7, 11) is 0. The van der Waals surface area contributed by atoms with Gasteiger partial charge in [0.25, 0.3) is 0 Å². The minimum atomic E-state index is -0.466. The normalized spacial score (nSPS) is 27.9. The molecule has 1 aromatic rings. The molecular formula is C18H29NO4. The molecule has 5 nitrogen and oxygen atoms in total. The van der Waals surface area contributed by atoms with Gasteiger partial charge in [-0.1, -0.05) is 12.8 Å². The fourth-order valence-electron chi connectivity index (χ4n) is 3.62. The average Bonchev–Trinajstić information content (AvgIpc) is 3.20. The SMILES string of the molecule is OC(COCC1CCCO1)CN1CCCCCC1c1ccco1. The number of ether oxygens (including phenoxy) is 2. The number of rotatable bonds is 7. The molecule has 1 N–H and O–H groups in total. The molecule has 0 bridgehead atoms. The Morgan fingerprint density at radius 3 is 3.00 bits per heavy atom. The minimum absolute atomic E-state index is 0.219. The number of aliphatic hydroxyl groups is 1. The molecule has 23 heavy (non-hydrogen) atoms. The number of hydrogen-bond donors (Lipinski definition) is 1. The monoisotopic (exact) mass is 323 g/mol. The summed E-state index contributed by atoms with van der Waals surface area (Å²) in [6.45, 7) is 3.46. The topological polar surface area (TPSA) is 55.1 Å². The molecule has 0 saturated carbocycles. The predicted molar refractivity (Wildman–Crippen MR) is 87.3 cm³/mol. The van der Waals surface area contributed by atoms with Gasteiger partial charge in [-0.15, -0.1) is 0 Å². The van der Waals surface area contributed by atoms with Crippen molar-refractivity contribution in [2.45, 2.75) is 56.8 Å². The van der Waals surface area contributed by atoms with Gasteiger partial charge in [0.2, 0.25) is 0 Å². The van der Waals surface area contributed by atoms with Crippen molar-refractivity contribution in [2.75, 3.05) is 32.9 Å². The second kappa shape index (κ2) is 8.83. The third kappa shape index (κ3) is 5.05. The van der Waals surface area contributed by atoms with Crippen molar-refractivity contribution >= 4 is 0 Å². The Morgan fingerprint density at radius 2 is 2.22 bits per heavy atom. The van der Waals surface area contributed by atoms with Crippen LogP contribution in [0.2, 0.25) is 0 Å². The minimum Gasteiger partial charge on any atom is -0.468 e. The highest BCUT2D eigenvalue weighted by Crippen LogP contribution is 2.30. The molecule has 2 fully saturated rings. The van der Waals surface area contributed by atoms with Gasteiger partial charge in [0.15, 0.2) is 0 Å². The summed E-state index contributed by atoms with van der Waals surface area (Å²) >= 11 is 0. The lowest BCUT2D eigenvalue weighted by atomic mass is 10.1. The summed E-state index contributed by atoms with van der Waals surface area (Å²) in [5.74, 6) is 1.01. The smallest absolute Gasteiger partial charge is 0.120 e. The Hall–Kier alpha value is -0.880. The lowest BCUT2D eigenvalue weighted by molar-refractivity contribution is -0.0293. The van der Waals surface area contributed by atoms with Gasteiger partial charge >= 0.3 is 0 Å². The van der Waals surface area contributed by atoms with Gasteiger partial charge in [0, 0.05) is 13.2 Å². The van der Waals surface area contributed by atoms with Gasteiger partial charge in [-0.3, -0.25) is 4.90 Å². The maximum atomic E-state index is 10.3. The van der Waals surface area contributed by atoms with Gasteiger partial charge in [0.05, 0.1) is 37.7 Å². The third-order valence-corrected chi connectivity index (χ3v) is 4.82. The molecule has 130 valence electrons. The number of nitrogens with zero attached hydrogens (tertiary/aromatic N) is 1. The molecule has 0 spiro atoms. The third-order valence-electron chi connectivity index (χ3n) is 4.82. The standard InChI is InChI=1S/C18H29NO4/c20-15(13-21-14-16-6-4-10-22-16)12-19-9-3-1-2-7-17(19)18-8-5-11-23-18/h5,8,11,15-17,20H,1-4,6-7,9-10,12-14H2. The Labute approximate surface area is 138 Å². The van der Waals surface area contributed by atoms with E-state index in [0.717, 1.165) is 38.2 Å². The molecule has 3 atom stereocenters. The van der Waals surface area contributed by atoms with E-state index in [-0.39, 0.29) is 12.1 Å². The van der Waals surface area contributed by atoms with Crippen LogP contribution in [-0.2, 0) is 9.47 Å². The van der Waals surface area contributed by atoms with Crippen molar-refractivity contribution in [1.29, 1.82) is 0 Å². The van der Waals surface area contributed by atoms with Crippen LogP contribution >= 0.6 is 0 Å². The number of furan rings is 1. The first-order valence-electron chi connectivity index (χ1n) is 8.98. The van der Waals surface area contributed by atoms with Crippen LogP contribution in [0.1, 0.15) is 50.3 Å². The molecule has 0 amide bonds. The maximum Gasteiger partial charge on any atom is 0.120 e. The summed E-state index contributed by atoms with van der Waals surface area (Å²) in [6, 6.07) is 4.27. The van der Waals surface area contributed by atoms with Crippen LogP contribution in [-0.4, -0.2) is 55.1 Å². The van der Waals surface area contributed by atoms with E-state index in [9.17, 15) is 5.11 Å². The molecule has 0 aliphatic carbocycles. The van der Waals surface area contributed by atoms with Crippen molar-refractivity contribution in [2.24, 2.45) is 0 Å². The Kier molecular flexibility index (Phi) is 6.51. The number of β-amino-alcohol motifs (C(OH)–C–C–N with tert-alkyl or cyclic N) is 1. The first-order valence-corrected chi connectivity index (χ1v) is 8.98. The average molecular weight is 323 g/mol. The first-order chi connectivity index (χ1) is 11.3. The van der Waals surface area contributed by atoms with Crippen LogP contribution in [0, 0.1) is 0 Å². The molecular weight excluding hydrogens is 294 g/mol. The highest BCUT2D eigenvalue weighted by molar-refractivity contribution is 5.05. The van der Waals surface area contributed by atoms with E-state index in [4.69, 9.17) is 13.9 Å². The quantitative estimate of drug-likeness (QED) is 0.836. The van der Waals surface area contributed by atoms with Crippen LogP contribution < -0.4 is 0 Å². The molecule has 0 aromatic carbocycles. The fraction of sp³-hybridized carbons (Fsp3) is 0.778. The van der Waals surface area contributed by atoms with Crippen LogP contribution in [0.3, 0.4) is 0 Å². The van der Waals surface area contributed by atoms with Gasteiger partial charge in [-0.2, -0.15) is 0 Å². The van der Waals surface area contributed by atoms with Crippen LogP contribution in [0.15, 0.2) is 22.8 Å². The molecule has 2 aliphatic heterocycles. The van der Waals surface area contributed by atoms with Crippen molar-refractivity contribution in [3.63, 3.8) is 0 Å². The lowest BCUT2D eigenvalue weighted by Crippen LogP contribution is -2.37. The second-order valence-electron chi connectivity index (χ2n) is 6.70. The molecule has 5 heteroatoms. The summed E-state index contributed by atoms with van der Waals surface area (Å²) < 4.78 is 16.8. The van der Waals surface area contributed by atoms with Crippen molar-refractivity contribution in [3.8, 4) is 0 Å². The van der Waals surface area contributed by atoms with Crippen LogP contribution in [0.4, 0.5) is 0 Å². The van der Waals surface area contributed by atoms with E-state index in [1.807, 2.05) is 12.1 Å². The Balaban J connectivity index is 1.47. The molecule has 3 rings (SSSR count). The largest absolute Gasteiger partial charge is 0.468 e. The van der Waals surface area contributed by atoms with Crippen molar-refractivity contribution < 1.29 is 19.0 Å². The summed E-state index contributed by atoms with van der Waals surface area (Å²) in [5.41, 5.74) is 0. The highest BCUT2D eigenvalue weighted by Gasteiger charge is 2.26. The first kappa shape index (κ1) is 17.0. The highest BCUT2D eigenvalue weighted by atomic mass is 16.5. The summed E-state index contributed by atoms with van der Waals surface area (Å²) in [6.07, 6.45) is 8.42. The fourth-order valence-corrected chi connectivity index (χ4v) is 3.62. The van der Waals surface area contributed by atoms with Gasteiger partial charge < -0.3 is 19.0 Å². The van der Waals surface area contributed by atoms with E-state index in [2.05, 4.69) is 4.90 Å². The number of likely N-dealkylation sites (tertiary alicyclic amines) is 1. The van der Waals surface area contributed by atoms with E-state index < -0.39 is 6.10 Å². The van der Waals surface area contributed by atoms with Gasteiger partial charge in [-0.05, 0) is 44.4 Å². The molecule has 2 aliphatic rings. The van der Waals surface area contributed by atoms with E-state index in [1.54, 1.807) is 6.26 Å². The van der Waals surface area contributed by atoms with E-state index >= 15 is 0 Å². The van der Waals surface area contributed by atoms with E-state index in [0.29, 0.717) is 19.8 Å². The molecule has 3 heterocycles. The molecule has 3 unspecified atom stereocenters. The van der Waals surface area contributed by atoms with Crippen LogP contribution in [0.25, 0.3) is 0 Å². The number of aliphatic hydroxyl groups excluding tert-OH is 1.